The van der Waals surface area contributed by atoms with Gasteiger partial charge in [-0.25, -0.2) is 14.4 Å². The van der Waals surface area contributed by atoms with Gasteiger partial charge >= 0.3 is 18.2 Å². The third kappa shape index (κ3) is 4.64. The molecule has 0 aliphatic carbocycles. The Balaban J connectivity index is 2.74. The fraction of sp³-hybridized carbons (Fsp3) is 0.643. The highest BCUT2D eigenvalue weighted by Crippen LogP contribution is 2.23. The van der Waals surface area contributed by atoms with Gasteiger partial charge in [0.2, 0.25) is 0 Å². The number of carboxylic acid groups (broad SMARTS) is 1. The molecule has 124 valence electrons. The van der Waals surface area contributed by atoms with Gasteiger partial charge in [0.15, 0.2) is 5.54 Å². The van der Waals surface area contributed by atoms with E-state index in [9.17, 15) is 19.5 Å². The molecular formula is C14H22N2O6. The van der Waals surface area contributed by atoms with Crippen LogP contribution in [-0.2, 0) is 14.3 Å². The molecule has 0 saturated carbocycles. The second-order valence-corrected chi connectivity index (χ2v) is 6.05. The topological polar surface area (TPSA) is 105 Å². The monoisotopic (exact) mass is 314 g/mol. The molecule has 1 atom stereocenters. The molecule has 1 saturated heterocycles. The normalized spacial score (nSPS) is 21.1. The van der Waals surface area contributed by atoms with Crippen molar-refractivity contribution in [3.05, 3.63) is 12.7 Å². The summed E-state index contributed by atoms with van der Waals surface area (Å²) in [4.78, 5) is 36.3. The number of alkyl carbamates (subject to hydrolysis) is 1. The molecule has 1 rings (SSSR count). The Morgan fingerprint density at radius 2 is 2.05 bits per heavy atom. The Labute approximate surface area is 129 Å². The van der Waals surface area contributed by atoms with Gasteiger partial charge in [-0.3, -0.25) is 0 Å². The molecule has 8 heteroatoms. The Morgan fingerprint density at radius 1 is 1.41 bits per heavy atom. The molecule has 0 spiro atoms. The Kier molecular flexibility index (Phi) is 5.40. The number of amides is 2. The van der Waals surface area contributed by atoms with Gasteiger partial charge in [0.05, 0.1) is 6.54 Å². The van der Waals surface area contributed by atoms with Gasteiger partial charge in [-0.2, -0.15) is 0 Å². The van der Waals surface area contributed by atoms with Gasteiger partial charge in [-0.1, -0.05) is 12.7 Å². The number of rotatable bonds is 4. The molecule has 1 aliphatic heterocycles. The third-order valence-corrected chi connectivity index (χ3v) is 3.00. The molecule has 8 nitrogen and oxygen atoms in total. The van der Waals surface area contributed by atoms with E-state index < -0.39 is 29.3 Å². The van der Waals surface area contributed by atoms with Crippen LogP contribution in [0.2, 0.25) is 0 Å². The van der Waals surface area contributed by atoms with Crippen molar-refractivity contribution in [2.75, 3.05) is 19.7 Å². The lowest BCUT2D eigenvalue weighted by Crippen LogP contribution is -2.57. The molecule has 0 aromatic rings. The van der Waals surface area contributed by atoms with E-state index >= 15 is 0 Å². The first kappa shape index (κ1) is 17.8. The summed E-state index contributed by atoms with van der Waals surface area (Å²) in [5.74, 6) is -1.22. The molecule has 1 fully saturated rings. The number of hydrogen-bond donors (Lipinski definition) is 2. The number of aliphatic carboxylic acids is 1. The minimum absolute atomic E-state index is 0.0366. The average molecular weight is 314 g/mol. The number of nitrogens with one attached hydrogen (secondary N) is 1. The zero-order valence-electron chi connectivity index (χ0n) is 13.0. The Morgan fingerprint density at radius 3 is 2.55 bits per heavy atom. The largest absolute Gasteiger partial charge is 0.479 e. The van der Waals surface area contributed by atoms with Gasteiger partial charge in [-0.15, -0.1) is 0 Å². The number of carbonyl (C=O) groups excluding carboxylic acids is 2. The van der Waals surface area contributed by atoms with Crippen molar-refractivity contribution >= 4 is 18.2 Å². The minimum Gasteiger partial charge on any atom is -0.479 e. The van der Waals surface area contributed by atoms with Crippen LogP contribution in [0.4, 0.5) is 9.59 Å². The predicted molar refractivity (Wildman–Crippen MR) is 77.5 cm³/mol. The Bertz CT molecular complexity index is 470. The van der Waals surface area contributed by atoms with Crippen LogP contribution in [-0.4, -0.2) is 59.0 Å². The summed E-state index contributed by atoms with van der Waals surface area (Å²) in [7, 11) is 0. The van der Waals surface area contributed by atoms with Gasteiger partial charge in [-0.05, 0) is 20.8 Å². The average Bonchev–Trinajstić information content (AvgIpc) is 2.79. The molecular weight excluding hydrogens is 292 g/mol. The zero-order chi connectivity index (χ0) is 17.0. The van der Waals surface area contributed by atoms with Crippen molar-refractivity contribution in [1.29, 1.82) is 0 Å². The molecule has 1 aliphatic rings. The maximum absolute atomic E-state index is 11.8. The maximum atomic E-state index is 11.8. The first-order valence-electron chi connectivity index (χ1n) is 6.87. The van der Waals surface area contributed by atoms with E-state index in [1.165, 1.54) is 11.0 Å². The lowest BCUT2D eigenvalue weighted by molar-refractivity contribution is -0.144. The highest BCUT2D eigenvalue weighted by molar-refractivity contribution is 5.86. The number of hydrogen-bond acceptors (Lipinski definition) is 5. The second-order valence-electron chi connectivity index (χ2n) is 6.05. The zero-order valence-corrected chi connectivity index (χ0v) is 13.0. The van der Waals surface area contributed by atoms with E-state index in [1.54, 1.807) is 20.8 Å². The molecule has 1 heterocycles. The van der Waals surface area contributed by atoms with Gasteiger partial charge in [0.25, 0.3) is 0 Å². The van der Waals surface area contributed by atoms with Crippen LogP contribution in [0.25, 0.3) is 0 Å². The smallest absolute Gasteiger partial charge is 0.410 e. The third-order valence-electron chi connectivity index (χ3n) is 3.00. The molecule has 0 aromatic carbocycles. The standard InChI is InChI=1S/C14H22N2O6/c1-5-8-21-12(20)16-7-6-14(9-16,10(17)18)15-11(19)22-13(2,3)4/h5H,1,6-9H2,2-4H3,(H,15,19)(H,17,18). The van der Waals surface area contributed by atoms with Crippen LogP contribution in [0.3, 0.4) is 0 Å². The molecule has 0 aromatic heterocycles. The maximum Gasteiger partial charge on any atom is 0.410 e. The minimum atomic E-state index is -1.57. The number of nitrogens with zero attached hydrogens (tertiary/aromatic N) is 1. The van der Waals surface area contributed by atoms with E-state index in [4.69, 9.17) is 9.47 Å². The summed E-state index contributed by atoms with van der Waals surface area (Å²) in [6.45, 7) is 8.47. The van der Waals surface area contributed by atoms with E-state index in [2.05, 4.69) is 11.9 Å². The van der Waals surface area contributed by atoms with E-state index in [1.807, 2.05) is 0 Å². The molecule has 0 bridgehead atoms. The summed E-state index contributed by atoms with van der Waals surface area (Å²) in [6, 6.07) is 0. The quantitative estimate of drug-likeness (QED) is 0.759. The van der Waals surface area contributed by atoms with Crippen molar-refractivity contribution in [3.63, 3.8) is 0 Å². The van der Waals surface area contributed by atoms with Crippen LogP contribution in [0, 0.1) is 0 Å². The molecule has 22 heavy (non-hydrogen) atoms. The fourth-order valence-electron chi connectivity index (χ4n) is 2.02. The van der Waals surface area contributed by atoms with Crippen LogP contribution < -0.4 is 5.32 Å². The summed E-state index contributed by atoms with van der Waals surface area (Å²) in [5, 5.41) is 11.8. The van der Waals surface area contributed by atoms with E-state index in [0.717, 1.165) is 0 Å². The van der Waals surface area contributed by atoms with Crippen LogP contribution >= 0.6 is 0 Å². The summed E-state index contributed by atoms with van der Waals surface area (Å²) < 4.78 is 9.94. The molecule has 1 unspecified atom stereocenters. The first-order valence-corrected chi connectivity index (χ1v) is 6.87. The molecule has 2 amide bonds. The predicted octanol–water partition coefficient (Wildman–Crippen LogP) is 1.36. The molecule has 0 radical (unpaired) electrons. The van der Waals surface area contributed by atoms with Crippen molar-refractivity contribution in [1.82, 2.24) is 10.2 Å². The number of carbonyl (C=O) groups is 3. The number of likely N-dealkylation sites (tertiary alicyclic amines) is 1. The van der Waals surface area contributed by atoms with E-state index in [0.29, 0.717) is 0 Å². The highest BCUT2D eigenvalue weighted by Gasteiger charge is 2.48. The number of ether oxygens (including phenoxy) is 2. The summed E-state index contributed by atoms with van der Waals surface area (Å²) in [6.07, 6.45) is 0.00695. The SMILES string of the molecule is C=CCOC(=O)N1CCC(NC(=O)OC(C)(C)C)(C(=O)O)C1. The van der Waals surface area contributed by atoms with Crippen molar-refractivity contribution in [2.24, 2.45) is 0 Å². The summed E-state index contributed by atoms with van der Waals surface area (Å²) >= 11 is 0. The lowest BCUT2D eigenvalue weighted by Gasteiger charge is -2.28. The highest BCUT2D eigenvalue weighted by atomic mass is 16.6. The van der Waals surface area contributed by atoms with E-state index in [-0.39, 0.29) is 26.1 Å². The Hall–Kier alpha value is -2.25. The van der Waals surface area contributed by atoms with Crippen LogP contribution in [0.1, 0.15) is 27.2 Å². The van der Waals surface area contributed by atoms with Crippen molar-refractivity contribution in [2.45, 2.75) is 38.3 Å². The van der Waals surface area contributed by atoms with Gasteiger partial charge in [0, 0.05) is 13.0 Å². The van der Waals surface area contributed by atoms with Crippen LogP contribution in [0.5, 0.6) is 0 Å². The van der Waals surface area contributed by atoms with Gasteiger partial charge in [0.1, 0.15) is 12.2 Å². The van der Waals surface area contributed by atoms with Crippen LogP contribution in [0.15, 0.2) is 12.7 Å². The molecule has 2 N–H and O–H groups in total. The number of carboxylic acids is 1. The summed E-state index contributed by atoms with van der Waals surface area (Å²) in [5.41, 5.74) is -2.32. The van der Waals surface area contributed by atoms with Crippen molar-refractivity contribution in [3.8, 4) is 0 Å². The first-order chi connectivity index (χ1) is 10.1. The second kappa shape index (κ2) is 6.67. The lowest BCUT2D eigenvalue weighted by atomic mass is 9.99. The van der Waals surface area contributed by atoms with Gasteiger partial charge < -0.3 is 24.8 Å². The van der Waals surface area contributed by atoms with Crippen molar-refractivity contribution < 1.29 is 29.0 Å². The fourth-order valence-corrected chi connectivity index (χ4v) is 2.02.